The Balaban J connectivity index is 1.66. The van der Waals surface area contributed by atoms with Crippen LogP contribution in [0.25, 0.3) is 11.3 Å². The summed E-state index contributed by atoms with van der Waals surface area (Å²) in [5.74, 6) is 1.71. The summed E-state index contributed by atoms with van der Waals surface area (Å²) in [4.78, 5) is 21.2. The Kier molecular flexibility index (Phi) is 5.80. The number of para-hydroxylation sites is 1. The largest absolute Gasteiger partial charge is 0.496 e. The van der Waals surface area contributed by atoms with Crippen LogP contribution in [-0.2, 0) is 4.79 Å². The standard InChI is InChI=1S/C16H17N3O2S3/c1-10(24-16-17-7-8-22-16)14(20)19-15-18-12(9-23-15)11-5-3-4-6-13(11)21-2/h3-6,9-10H,7-8H2,1-2H3,(H,18,19,20). The van der Waals surface area contributed by atoms with Gasteiger partial charge in [-0.05, 0) is 19.1 Å². The van der Waals surface area contributed by atoms with E-state index in [1.165, 1.54) is 23.1 Å². The van der Waals surface area contributed by atoms with E-state index >= 15 is 0 Å². The Bertz CT molecular complexity index is 761. The van der Waals surface area contributed by atoms with Crippen LogP contribution in [0.1, 0.15) is 6.92 Å². The first kappa shape index (κ1) is 17.3. The SMILES string of the molecule is COc1ccccc1-c1csc(NC(=O)C(C)SC2=NCCS2)n1. The molecule has 126 valence electrons. The van der Waals surface area contributed by atoms with E-state index < -0.39 is 0 Å². The van der Waals surface area contributed by atoms with Crippen molar-refractivity contribution in [2.75, 3.05) is 24.7 Å². The van der Waals surface area contributed by atoms with Crippen LogP contribution in [0.3, 0.4) is 0 Å². The molecule has 0 fully saturated rings. The first-order chi connectivity index (χ1) is 11.7. The summed E-state index contributed by atoms with van der Waals surface area (Å²) < 4.78 is 6.35. The van der Waals surface area contributed by atoms with E-state index in [0.717, 1.165) is 33.7 Å². The van der Waals surface area contributed by atoms with Crippen LogP contribution in [0.2, 0.25) is 0 Å². The first-order valence-electron chi connectivity index (χ1n) is 7.41. The second-order valence-corrected chi connectivity index (χ2v) is 8.51. The maximum atomic E-state index is 12.3. The highest BCUT2D eigenvalue weighted by Crippen LogP contribution is 2.32. The van der Waals surface area contributed by atoms with Crippen LogP contribution in [-0.4, -0.2) is 39.9 Å². The molecule has 1 aliphatic heterocycles. The van der Waals surface area contributed by atoms with Gasteiger partial charge in [0.25, 0.3) is 0 Å². The average Bonchev–Trinajstić information content (AvgIpc) is 3.26. The quantitative estimate of drug-likeness (QED) is 0.851. The molecule has 1 aromatic carbocycles. The maximum Gasteiger partial charge on any atom is 0.239 e. The molecule has 1 aromatic heterocycles. The predicted molar refractivity (Wildman–Crippen MR) is 105 cm³/mol. The van der Waals surface area contributed by atoms with Crippen molar-refractivity contribution in [1.82, 2.24) is 4.98 Å². The highest BCUT2D eigenvalue weighted by Gasteiger charge is 2.20. The smallest absolute Gasteiger partial charge is 0.239 e. The van der Waals surface area contributed by atoms with Gasteiger partial charge in [-0.1, -0.05) is 35.7 Å². The highest BCUT2D eigenvalue weighted by atomic mass is 32.2. The van der Waals surface area contributed by atoms with Gasteiger partial charge in [0.05, 0.1) is 24.6 Å². The molecule has 0 aliphatic carbocycles. The monoisotopic (exact) mass is 379 g/mol. The second-order valence-electron chi connectivity index (χ2n) is 4.98. The Morgan fingerprint density at radius 1 is 1.42 bits per heavy atom. The van der Waals surface area contributed by atoms with Crippen LogP contribution >= 0.6 is 34.9 Å². The minimum absolute atomic E-state index is 0.0591. The van der Waals surface area contributed by atoms with Gasteiger partial charge in [0.15, 0.2) is 5.13 Å². The highest BCUT2D eigenvalue weighted by molar-refractivity contribution is 8.39. The number of anilines is 1. The number of hydrogen-bond donors (Lipinski definition) is 1. The van der Waals surface area contributed by atoms with Crippen LogP contribution < -0.4 is 10.1 Å². The molecule has 0 saturated carbocycles. The van der Waals surface area contributed by atoms with Crippen molar-refractivity contribution in [2.24, 2.45) is 4.99 Å². The van der Waals surface area contributed by atoms with Crippen molar-refractivity contribution >= 4 is 50.3 Å². The van der Waals surface area contributed by atoms with Crippen LogP contribution in [0.5, 0.6) is 5.75 Å². The zero-order valence-corrected chi connectivity index (χ0v) is 15.8. The van der Waals surface area contributed by atoms with E-state index in [2.05, 4.69) is 15.3 Å². The Morgan fingerprint density at radius 3 is 3.00 bits per heavy atom. The molecule has 1 aliphatic rings. The van der Waals surface area contributed by atoms with Gasteiger partial charge in [0, 0.05) is 16.7 Å². The molecule has 0 radical (unpaired) electrons. The van der Waals surface area contributed by atoms with Gasteiger partial charge >= 0.3 is 0 Å². The Labute approximate surface area is 153 Å². The Morgan fingerprint density at radius 2 is 2.25 bits per heavy atom. The third-order valence-corrected chi connectivity index (χ3v) is 6.38. The number of hydrogen-bond acceptors (Lipinski definition) is 7. The molecule has 0 spiro atoms. The number of methoxy groups -OCH3 is 1. The van der Waals surface area contributed by atoms with Gasteiger partial charge in [-0.3, -0.25) is 9.79 Å². The van der Waals surface area contributed by atoms with Gasteiger partial charge in [-0.15, -0.1) is 11.3 Å². The molecule has 5 nitrogen and oxygen atoms in total. The second kappa shape index (κ2) is 8.04. The number of carbonyl (C=O) groups excluding carboxylic acids is 1. The summed E-state index contributed by atoms with van der Waals surface area (Å²) in [5.41, 5.74) is 1.71. The third-order valence-electron chi connectivity index (χ3n) is 3.32. The number of nitrogens with one attached hydrogen (secondary N) is 1. The van der Waals surface area contributed by atoms with E-state index in [1.807, 2.05) is 36.6 Å². The molecular weight excluding hydrogens is 362 g/mol. The number of aromatic nitrogens is 1. The van der Waals surface area contributed by atoms with E-state index in [9.17, 15) is 4.79 Å². The minimum atomic E-state index is -0.201. The van der Waals surface area contributed by atoms with Crippen LogP contribution in [0, 0.1) is 0 Å². The van der Waals surface area contributed by atoms with Gasteiger partial charge in [-0.2, -0.15) is 0 Å². The normalized spacial score (nSPS) is 15.0. The summed E-state index contributed by atoms with van der Waals surface area (Å²) in [6.45, 7) is 2.73. The first-order valence-corrected chi connectivity index (χ1v) is 10.2. The van der Waals surface area contributed by atoms with Crippen molar-refractivity contribution < 1.29 is 9.53 Å². The molecule has 1 amide bonds. The number of carbonyl (C=O) groups is 1. The number of amides is 1. The summed E-state index contributed by atoms with van der Waals surface area (Å²) in [6.07, 6.45) is 0. The molecule has 0 bridgehead atoms. The van der Waals surface area contributed by atoms with Crippen LogP contribution in [0.4, 0.5) is 5.13 Å². The van der Waals surface area contributed by atoms with E-state index in [0.29, 0.717) is 5.13 Å². The number of benzene rings is 1. The lowest BCUT2D eigenvalue weighted by molar-refractivity contribution is -0.115. The number of aliphatic imine (C=N–C) groups is 1. The molecule has 2 heterocycles. The predicted octanol–water partition coefficient (Wildman–Crippen LogP) is 3.98. The zero-order chi connectivity index (χ0) is 16.9. The van der Waals surface area contributed by atoms with E-state index in [4.69, 9.17) is 4.74 Å². The molecule has 1 atom stereocenters. The molecule has 1 N–H and O–H groups in total. The Hall–Kier alpha value is -1.51. The number of nitrogens with zero attached hydrogens (tertiary/aromatic N) is 2. The average molecular weight is 380 g/mol. The van der Waals surface area contributed by atoms with Crippen LogP contribution in [0.15, 0.2) is 34.6 Å². The summed E-state index contributed by atoms with van der Waals surface area (Å²) in [6, 6.07) is 7.70. The number of thioether (sulfide) groups is 2. The summed E-state index contributed by atoms with van der Waals surface area (Å²) >= 11 is 4.62. The molecule has 1 unspecified atom stereocenters. The minimum Gasteiger partial charge on any atom is -0.496 e. The van der Waals surface area contributed by atoms with Gasteiger partial charge in [-0.25, -0.2) is 4.98 Å². The molecule has 2 aromatic rings. The van der Waals surface area contributed by atoms with Gasteiger partial charge < -0.3 is 10.1 Å². The van der Waals surface area contributed by atoms with Gasteiger partial charge in [0.2, 0.25) is 5.91 Å². The van der Waals surface area contributed by atoms with Gasteiger partial charge in [0.1, 0.15) is 10.1 Å². The third kappa shape index (κ3) is 4.12. The fourth-order valence-electron chi connectivity index (χ4n) is 2.11. The zero-order valence-electron chi connectivity index (χ0n) is 13.3. The van der Waals surface area contributed by atoms with E-state index in [-0.39, 0.29) is 11.2 Å². The van der Waals surface area contributed by atoms with Crippen molar-refractivity contribution in [3.63, 3.8) is 0 Å². The van der Waals surface area contributed by atoms with Crippen molar-refractivity contribution in [1.29, 1.82) is 0 Å². The van der Waals surface area contributed by atoms with Crippen molar-refractivity contribution in [3.8, 4) is 17.0 Å². The van der Waals surface area contributed by atoms with Crippen molar-refractivity contribution in [2.45, 2.75) is 12.2 Å². The number of ether oxygens (including phenoxy) is 1. The maximum absolute atomic E-state index is 12.3. The molecule has 24 heavy (non-hydrogen) atoms. The fourth-order valence-corrected chi connectivity index (χ4v) is 4.95. The lowest BCUT2D eigenvalue weighted by Gasteiger charge is -2.09. The molecule has 0 saturated heterocycles. The van der Waals surface area contributed by atoms with Crippen molar-refractivity contribution in [3.05, 3.63) is 29.6 Å². The number of thiazole rings is 1. The topological polar surface area (TPSA) is 63.6 Å². The van der Waals surface area contributed by atoms with E-state index in [1.54, 1.807) is 18.9 Å². The molecule has 8 heteroatoms. The number of rotatable bonds is 5. The fraction of sp³-hybridized carbons (Fsp3) is 0.312. The lowest BCUT2D eigenvalue weighted by atomic mass is 10.1. The summed E-state index contributed by atoms with van der Waals surface area (Å²) in [5, 5.41) is 5.20. The summed E-state index contributed by atoms with van der Waals surface area (Å²) in [7, 11) is 1.64. The molecule has 3 rings (SSSR count). The lowest BCUT2D eigenvalue weighted by Crippen LogP contribution is -2.23. The molecular formula is C16H17N3O2S3.